The number of phenolic OH excluding ortho intramolecular Hbond substituents is 1. The van der Waals surface area contributed by atoms with E-state index in [1.54, 1.807) is 24.3 Å². The molecule has 3 aliphatic rings. The van der Waals surface area contributed by atoms with Gasteiger partial charge in [-0.2, -0.15) is 0 Å². The van der Waals surface area contributed by atoms with Crippen LogP contribution < -0.4 is 25.7 Å². The van der Waals surface area contributed by atoms with Gasteiger partial charge in [-0.25, -0.2) is 9.59 Å². The number of hydrogen-bond acceptors (Lipinski definition) is 11. The average molecular weight is 918 g/mol. The number of H-pyrrole nitrogens is 1. The third kappa shape index (κ3) is 11.1. The van der Waals surface area contributed by atoms with Crippen molar-refractivity contribution in [2.75, 3.05) is 39.4 Å². The summed E-state index contributed by atoms with van der Waals surface area (Å²) >= 11 is 3.55. The highest BCUT2D eigenvalue weighted by Crippen LogP contribution is 2.32. The smallest absolute Gasteiger partial charge is 0.408 e. The van der Waals surface area contributed by atoms with Crippen LogP contribution in [0.3, 0.4) is 0 Å². The number of carbonyl (C=O) groups is 2. The second-order valence-electron chi connectivity index (χ2n) is 15.8. The number of aliphatic hydroxyl groups is 1. The van der Waals surface area contributed by atoms with Crippen LogP contribution in [-0.2, 0) is 22.6 Å². The highest BCUT2D eigenvalue weighted by molar-refractivity contribution is 9.10. The van der Waals surface area contributed by atoms with Gasteiger partial charge in [-0.05, 0) is 124 Å². The molecule has 1 aromatic heterocycles. The first kappa shape index (κ1) is 43.5. The van der Waals surface area contributed by atoms with E-state index in [2.05, 4.69) is 36.4 Å². The number of hydrogen-bond donors (Lipinski definition) is 5. The lowest BCUT2D eigenvalue weighted by atomic mass is 9.86. The Balaban J connectivity index is 0.773. The number of halogens is 1. The topological polar surface area (TPSA) is 172 Å². The zero-order valence-electron chi connectivity index (χ0n) is 34.5. The quantitative estimate of drug-likeness (QED) is 0.0452. The van der Waals surface area contributed by atoms with Crippen LogP contribution in [0.4, 0.5) is 4.79 Å². The minimum absolute atomic E-state index is 0.0454. The molecule has 14 heteroatoms. The van der Waals surface area contributed by atoms with Crippen LogP contribution in [-0.4, -0.2) is 77.7 Å². The summed E-state index contributed by atoms with van der Waals surface area (Å²) in [6.07, 6.45) is 0.722. The number of piperidine rings is 3. The van der Waals surface area contributed by atoms with E-state index in [1.807, 2.05) is 84.9 Å². The number of aromatic amines is 1. The lowest BCUT2D eigenvalue weighted by Gasteiger charge is -2.43. The number of fused-ring (bicyclic) bond motifs is 4. The van der Waals surface area contributed by atoms with Crippen LogP contribution in [0.2, 0.25) is 0 Å². The van der Waals surface area contributed by atoms with Gasteiger partial charge in [0.2, 0.25) is 5.56 Å². The van der Waals surface area contributed by atoms with E-state index in [0.29, 0.717) is 40.5 Å². The predicted molar refractivity (Wildman–Crippen MR) is 241 cm³/mol. The van der Waals surface area contributed by atoms with E-state index >= 15 is 0 Å². The normalized spacial score (nSPS) is 17.7. The molecule has 0 radical (unpaired) electrons. The Kier molecular flexibility index (Phi) is 14.0. The molecule has 5 aromatic carbocycles. The van der Waals surface area contributed by atoms with Crippen molar-refractivity contribution in [1.29, 1.82) is 0 Å². The number of phenols is 1. The summed E-state index contributed by atoms with van der Waals surface area (Å²) in [5.41, 5.74) is 4.53. The van der Waals surface area contributed by atoms with E-state index < -0.39 is 24.2 Å². The number of aromatic hydroxyl groups is 1. The molecule has 326 valence electrons. The molecule has 0 aliphatic carbocycles. The van der Waals surface area contributed by atoms with Gasteiger partial charge in [0.05, 0.1) is 27.7 Å². The minimum atomic E-state index is -0.878. The van der Waals surface area contributed by atoms with Gasteiger partial charge in [0.25, 0.3) is 0 Å². The monoisotopic (exact) mass is 916 g/mol. The van der Waals surface area contributed by atoms with Crippen molar-refractivity contribution in [3.63, 3.8) is 0 Å². The summed E-state index contributed by atoms with van der Waals surface area (Å²) in [7, 11) is 0. The molecule has 6 aromatic rings. The van der Waals surface area contributed by atoms with Crippen molar-refractivity contribution in [3.05, 3.63) is 170 Å². The van der Waals surface area contributed by atoms with Crippen molar-refractivity contribution in [3.8, 4) is 17.2 Å². The fourth-order valence-electron chi connectivity index (χ4n) is 8.18. The number of esters is 1. The van der Waals surface area contributed by atoms with Gasteiger partial charge in [-0.15, -0.1) is 0 Å². The van der Waals surface area contributed by atoms with Gasteiger partial charge < -0.3 is 44.8 Å². The van der Waals surface area contributed by atoms with Crippen LogP contribution in [0.15, 0.2) is 131 Å². The maximum atomic E-state index is 13.2. The van der Waals surface area contributed by atoms with Gasteiger partial charge in [-0.1, -0.05) is 66.7 Å². The van der Waals surface area contributed by atoms with Crippen molar-refractivity contribution in [1.82, 2.24) is 20.5 Å². The van der Waals surface area contributed by atoms with Crippen LogP contribution >= 0.6 is 15.9 Å². The first-order valence-corrected chi connectivity index (χ1v) is 21.8. The molecule has 4 heterocycles. The highest BCUT2D eigenvalue weighted by atomic mass is 79.9. The van der Waals surface area contributed by atoms with E-state index in [-0.39, 0.29) is 49.3 Å². The molecule has 5 N–H and O–H groups in total. The molecule has 0 saturated carbocycles. The minimum Gasteiger partial charge on any atom is -0.506 e. The van der Waals surface area contributed by atoms with E-state index in [0.717, 1.165) is 59.2 Å². The molecule has 1 amide bonds. The third-order valence-corrected chi connectivity index (χ3v) is 12.2. The summed E-state index contributed by atoms with van der Waals surface area (Å²) < 4.78 is 24.2. The molecule has 1 unspecified atom stereocenters. The van der Waals surface area contributed by atoms with Crippen LogP contribution in [0.25, 0.3) is 10.9 Å². The Hall–Kier alpha value is -6.19. The van der Waals surface area contributed by atoms with Crippen LogP contribution in [0.5, 0.6) is 17.2 Å². The summed E-state index contributed by atoms with van der Waals surface area (Å²) in [5.74, 6) is 1.10. The molecule has 2 bridgehead atoms. The maximum absolute atomic E-state index is 13.2. The number of benzene rings is 5. The van der Waals surface area contributed by atoms with Crippen molar-refractivity contribution in [2.45, 2.75) is 44.2 Å². The molecule has 63 heavy (non-hydrogen) atoms. The molecule has 3 aliphatic heterocycles. The van der Waals surface area contributed by atoms with E-state index in [4.69, 9.17) is 18.9 Å². The fourth-order valence-corrected chi connectivity index (χ4v) is 8.72. The number of nitrogens with zero attached hydrogens (tertiary/aromatic N) is 1. The Morgan fingerprint density at radius 2 is 1.62 bits per heavy atom. The molecule has 3 fully saturated rings. The number of carbonyl (C=O) groups excluding carboxylic acids is 2. The highest BCUT2D eigenvalue weighted by Gasteiger charge is 2.37. The third-order valence-electron chi connectivity index (χ3n) is 11.5. The number of amides is 1. The number of ether oxygens (including phenoxy) is 4. The maximum Gasteiger partial charge on any atom is 0.408 e. The molecular formula is C49H49BrN4O9. The van der Waals surface area contributed by atoms with Gasteiger partial charge >= 0.3 is 12.1 Å². The van der Waals surface area contributed by atoms with Crippen molar-refractivity contribution < 1.29 is 38.7 Å². The Bertz CT molecular complexity index is 2580. The second-order valence-corrected chi connectivity index (χ2v) is 16.7. The summed E-state index contributed by atoms with van der Waals surface area (Å²) in [5, 5.41) is 27.9. The Labute approximate surface area is 373 Å². The number of rotatable bonds is 17. The van der Waals surface area contributed by atoms with Crippen LogP contribution in [0, 0.1) is 5.92 Å². The molecular weight excluding hydrogens is 868 g/mol. The largest absolute Gasteiger partial charge is 0.506 e. The molecule has 0 spiro atoms. The number of alkyl carbamates (subject to hydrolysis) is 1. The zero-order valence-corrected chi connectivity index (χ0v) is 36.1. The summed E-state index contributed by atoms with van der Waals surface area (Å²) in [4.78, 5) is 42.8. The molecule has 9 rings (SSSR count). The molecule has 3 saturated heterocycles. The first-order valence-electron chi connectivity index (χ1n) is 21.0. The lowest BCUT2D eigenvalue weighted by Crippen LogP contribution is -2.52. The number of pyridine rings is 1. The number of aliphatic hydroxyl groups excluding tert-OH is 1. The van der Waals surface area contributed by atoms with Gasteiger partial charge in [-0.3, -0.25) is 9.69 Å². The van der Waals surface area contributed by atoms with Gasteiger partial charge in [0.1, 0.15) is 43.2 Å². The standard InChI is InChI=1S/C49H49BrN4O9/c50-40-25-32(27-51-28-42(56)38-14-16-41(55)47-39(38)15-18-45(57)52-47)11-17-43(40)60-23-24-61-48(58)35-12-9-31(10-13-35)30-62-37-8-4-7-36(26-37)46(34-5-2-1-3-6-34)53-49(59)63-44-29-54-21-19-33(44)20-22-54/h1-18,25-26,33,42,44,46,51,55-56H,19-24,27-30H2,(H,52,57)(H,53,59)/t42-,44-,46?/m0/s1. The van der Waals surface area contributed by atoms with E-state index in [1.165, 1.54) is 12.1 Å². The van der Waals surface area contributed by atoms with E-state index in [9.17, 15) is 24.6 Å². The fraction of sp³-hybridized carbons (Fsp3) is 0.286. The summed E-state index contributed by atoms with van der Waals surface area (Å²) in [6.45, 7) is 4.09. The Morgan fingerprint density at radius 1 is 0.841 bits per heavy atom. The Morgan fingerprint density at radius 3 is 2.38 bits per heavy atom. The van der Waals surface area contributed by atoms with Gasteiger partial charge in [0, 0.05) is 31.1 Å². The van der Waals surface area contributed by atoms with Crippen molar-refractivity contribution in [2.24, 2.45) is 5.92 Å². The van der Waals surface area contributed by atoms with Gasteiger partial charge in [0.15, 0.2) is 0 Å². The second kappa shape index (κ2) is 20.3. The molecule has 3 atom stereocenters. The number of nitrogens with one attached hydrogen (secondary N) is 3. The average Bonchev–Trinajstić information content (AvgIpc) is 3.30. The lowest BCUT2D eigenvalue weighted by molar-refractivity contribution is -0.0336. The van der Waals surface area contributed by atoms with Crippen LogP contribution in [0.1, 0.15) is 63.2 Å². The van der Waals surface area contributed by atoms with Crippen molar-refractivity contribution >= 4 is 38.9 Å². The summed E-state index contributed by atoms with van der Waals surface area (Å²) in [6, 6.07) is 35.7. The first-order chi connectivity index (χ1) is 30.7. The SMILES string of the molecule is O=C(NC(c1ccccc1)c1cccc(OCc2ccc(C(=O)OCCOc3ccc(CNC[C@H](O)c4ccc(O)c5[nH]c(=O)ccc45)cc3Br)cc2)c1)O[C@H]1CN2CCC1CC2. The molecule has 13 nitrogen and oxygen atoms in total. The predicted octanol–water partition coefficient (Wildman–Crippen LogP) is 7.54. The zero-order chi connectivity index (χ0) is 43.7. The number of aromatic nitrogens is 1.